The second kappa shape index (κ2) is 8.76. The summed E-state index contributed by atoms with van der Waals surface area (Å²) in [5.41, 5.74) is 1.85. The fourth-order valence-corrected chi connectivity index (χ4v) is 3.39. The number of nitrogens with zero attached hydrogens (tertiary/aromatic N) is 1. The van der Waals surface area contributed by atoms with Crippen LogP contribution in [0.1, 0.15) is 10.4 Å². The molecule has 1 amide bonds. The molecule has 1 heterocycles. The van der Waals surface area contributed by atoms with Crippen molar-refractivity contribution in [1.29, 1.82) is 0 Å². The fraction of sp³-hybridized carbons (Fsp3) is 0.316. The fourth-order valence-electron chi connectivity index (χ4n) is 2.60. The molecule has 24 heavy (non-hydrogen) atoms. The molecule has 0 radical (unpaired) electrons. The van der Waals surface area contributed by atoms with Gasteiger partial charge in [-0.25, -0.2) is 0 Å². The Morgan fingerprint density at radius 1 is 1.04 bits per heavy atom. The van der Waals surface area contributed by atoms with Crippen molar-refractivity contribution in [1.82, 2.24) is 5.32 Å². The van der Waals surface area contributed by atoms with Gasteiger partial charge in [0.25, 0.3) is 5.91 Å². The van der Waals surface area contributed by atoms with Gasteiger partial charge in [0.1, 0.15) is 0 Å². The third-order valence-corrected chi connectivity index (χ3v) is 4.92. The van der Waals surface area contributed by atoms with Gasteiger partial charge in [0.05, 0.1) is 13.2 Å². The largest absolute Gasteiger partial charge is 0.378 e. The molecule has 1 saturated heterocycles. The number of nitrogens with one attached hydrogen (secondary N) is 1. The van der Waals surface area contributed by atoms with Gasteiger partial charge >= 0.3 is 0 Å². The van der Waals surface area contributed by atoms with Crippen molar-refractivity contribution in [2.75, 3.05) is 43.5 Å². The minimum atomic E-state index is -0.0165. The summed E-state index contributed by atoms with van der Waals surface area (Å²) in [6.07, 6.45) is 0. The number of morpholine rings is 1. The monoisotopic (exact) mass is 342 g/mol. The van der Waals surface area contributed by atoms with E-state index in [-0.39, 0.29) is 5.91 Å². The number of hydrogen-bond donors (Lipinski definition) is 1. The first-order chi connectivity index (χ1) is 11.8. The third kappa shape index (κ3) is 4.76. The van der Waals surface area contributed by atoms with Gasteiger partial charge in [-0.3, -0.25) is 4.79 Å². The molecule has 0 spiro atoms. The lowest BCUT2D eigenvalue weighted by molar-refractivity contribution is 0.0956. The summed E-state index contributed by atoms with van der Waals surface area (Å²) in [5, 5.41) is 2.97. The topological polar surface area (TPSA) is 41.6 Å². The average Bonchev–Trinajstić information content (AvgIpc) is 2.67. The molecule has 1 fully saturated rings. The highest BCUT2D eigenvalue weighted by atomic mass is 32.2. The lowest BCUT2D eigenvalue weighted by Gasteiger charge is -2.28. The van der Waals surface area contributed by atoms with Crippen molar-refractivity contribution < 1.29 is 9.53 Å². The van der Waals surface area contributed by atoms with Gasteiger partial charge in [-0.15, -0.1) is 11.8 Å². The molecule has 0 saturated carbocycles. The van der Waals surface area contributed by atoms with Crippen molar-refractivity contribution in [3.8, 4) is 0 Å². The van der Waals surface area contributed by atoms with Crippen LogP contribution < -0.4 is 10.2 Å². The molecule has 0 bridgehead atoms. The Kier molecular flexibility index (Phi) is 6.15. The number of ether oxygens (including phenoxy) is 1. The van der Waals surface area contributed by atoms with Gasteiger partial charge in [0.2, 0.25) is 0 Å². The van der Waals surface area contributed by atoms with Crippen molar-refractivity contribution in [2.45, 2.75) is 4.90 Å². The molecular weight excluding hydrogens is 320 g/mol. The Labute approximate surface area is 147 Å². The van der Waals surface area contributed by atoms with E-state index in [1.54, 1.807) is 11.8 Å². The SMILES string of the molecule is O=C(NCCSc1ccccc1)c1ccc(N2CCOCC2)cc1. The van der Waals surface area contributed by atoms with Crippen LogP contribution in [0.5, 0.6) is 0 Å². The van der Waals surface area contributed by atoms with E-state index < -0.39 is 0 Å². The molecule has 1 aliphatic rings. The maximum absolute atomic E-state index is 12.2. The molecule has 3 rings (SSSR count). The van der Waals surface area contributed by atoms with Crippen LogP contribution in [0, 0.1) is 0 Å². The van der Waals surface area contributed by atoms with E-state index in [2.05, 4.69) is 22.3 Å². The van der Waals surface area contributed by atoms with Gasteiger partial charge < -0.3 is 15.0 Å². The summed E-state index contributed by atoms with van der Waals surface area (Å²) < 4.78 is 5.36. The van der Waals surface area contributed by atoms with Gasteiger partial charge in [0.15, 0.2) is 0 Å². The quantitative estimate of drug-likeness (QED) is 0.647. The first-order valence-corrected chi connectivity index (χ1v) is 9.20. The van der Waals surface area contributed by atoms with E-state index in [9.17, 15) is 4.79 Å². The van der Waals surface area contributed by atoms with Gasteiger partial charge in [-0.05, 0) is 36.4 Å². The summed E-state index contributed by atoms with van der Waals surface area (Å²) in [6, 6.07) is 18.0. The smallest absolute Gasteiger partial charge is 0.251 e. The van der Waals surface area contributed by atoms with Crippen LogP contribution in [0.25, 0.3) is 0 Å². The predicted octanol–water partition coefficient (Wildman–Crippen LogP) is 3.05. The molecule has 0 aliphatic carbocycles. The summed E-state index contributed by atoms with van der Waals surface area (Å²) in [4.78, 5) is 15.7. The van der Waals surface area contributed by atoms with Crippen LogP contribution >= 0.6 is 11.8 Å². The normalized spacial score (nSPS) is 14.4. The molecule has 0 aromatic heterocycles. The minimum absolute atomic E-state index is 0.0165. The zero-order valence-corrected chi connectivity index (χ0v) is 14.4. The Balaban J connectivity index is 1.44. The van der Waals surface area contributed by atoms with E-state index in [4.69, 9.17) is 4.74 Å². The molecule has 5 heteroatoms. The molecule has 2 aromatic carbocycles. The second-order valence-corrected chi connectivity index (χ2v) is 6.73. The van der Waals surface area contributed by atoms with Crippen LogP contribution in [0.4, 0.5) is 5.69 Å². The Morgan fingerprint density at radius 3 is 2.46 bits per heavy atom. The van der Waals surface area contributed by atoms with E-state index >= 15 is 0 Å². The number of amides is 1. The average molecular weight is 342 g/mol. The molecule has 2 aromatic rings. The van der Waals surface area contributed by atoms with Crippen molar-refractivity contribution in [3.05, 3.63) is 60.2 Å². The summed E-state index contributed by atoms with van der Waals surface area (Å²) in [7, 11) is 0. The van der Waals surface area contributed by atoms with E-state index in [1.165, 1.54) is 4.90 Å². The predicted molar refractivity (Wildman–Crippen MR) is 99.0 cm³/mol. The standard InChI is InChI=1S/C19H22N2O2S/c22-19(20-10-15-24-18-4-2-1-3-5-18)16-6-8-17(9-7-16)21-11-13-23-14-12-21/h1-9H,10-15H2,(H,20,22). The van der Waals surface area contributed by atoms with E-state index in [0.717, 1.165) is 37.7 Å². The van der Waals surface area contributed by atoms with Gasteiger partial charge in [-0.2, -0.15) is 0 Å². The Morgan fingerprint density at radius 2 is 1.75 bits per heavy atom. The zero-order chi connectivity index (χ0) is 16.6. The lowest BCUT2D eigenvalue weighted by atomic mass is 10.1. The maximum atomic E-state index is 12.2. The molecular formula is C19H22N2O2S. The van der Waals surface area contributed by atoms with Crippen LogP contribution in [-0.4, -0.2) is 44.5 Å². The first kappa shape index (κ1) is 16.9. The van der Waals surface area contributed by atoms with Crippen molar-refractivity contribution in [2.24, 2.45) is 0 Å². The lowest BCUT2D eigenvalue weighted by Crippen LogP contribution is -2.36. The number of rotatable bonds is 6. The summed E-state index contributed by atoms with van der Waals surface area (Å²) in [6.45, 7) is 4.00. The van der Waals surface area contributed by atoms with Crippen LogP contribution in [-0.2, 0) is 4.74 Å². The number of thioether (sulfide) groups is 1. The van der Waals surface area contributed by atoms with E-state index in [0.29, 0.717) is 12.1 Å². The molecule has 1 N–H and O–H groups in total. The van der Waals surface area contributed by atoms with Gasteiger partial charge in [0, 0.05) is 41.5 Å². The molecule has 0 unspecified atom stereocenters. The maximum Gasteiger partial charge on any atom is 0.251 e. The van der Waals surface area contributed by atoms with Crippen LogP contribution in [0.2, 0.25) is 0 Å². The number of carbonyl (C=O) groups is 1. The number of benzene rings is 2. The molecule has 1 aliphatic heterocycles. The van der Waals surface area contributed by atoms with Crippen molar-refractivity contribution in [3.63, 3.8) is 0 Å². The molecule has 126 valence electrons. The highest BCUT2D eigenvalue weighted by Crippen LogP contribution is 2.17. The second-order valence-electron chi connectivity index (χ2n) is 5.56. The number of carbonyl (C=O) groups excluding carboxylic acids is 1. The van der Waals surface area contributed by atoms with Crippen LogP contribution in [0.15, 0.2) is 59.5 Å². The molecule has 4 nitrogen and oxygen atoms in total. The Bertz CT molecular complexity index is 640. The highest BCUT2D eigenvalue weighted by molar-refractivity contribution is 7.99. The first-order valence-electron chi connectivity index (χ1n) is 8.22. The third-order valence-electron chi connectivity index (χ3n) is 3.91. The summed E-state index contributed by atoms with van der Waals surface area (Å²) in [5.74, 6) is 0.846. The highest BCUT2D eigenvalue weighted by Gasteiger charge is 2.12. The van der Waals surface area contributed by atoms with E-state index in [1.807, 2.05) is 42.5 Å². The summed E-state index contributed by atoms with van der Waals surface area (Å²) >= 11 is 1.75. The van der Waals surface area contributed by atoms with Crippen molar-refractivity contribution >= 4 is 23.4 Å². The number of hydrogen-bond acceptors (Lipinski definition) is 4. The van der Waals surface area contributed by atoms with Gasteiger partial charge in [-0.1, -0.05) is 18.2 Å². The number of anilines is 1. The zero-order valence-electron chi connectivity index (χ0n) is 13.6. The Hall–Kier alpha value is -1.98. The molecule has 0 atom stereocenters. The van der Waals surface area contributed by atoms with Crippen LogP contribution in [0.3, 0.4) is 0 Å². The minimum Gasteiger partial charge on any atom is -0.378 e.